The van der Waals surface area contributed by atoms with E-state index in [2.05, 4.69) is 15.5 Å². The Morgan fingerprint density at radius 2 is 1.93 bits per heavy atom. The number of amides is 1. The molecule has 2 aliphatic rings. The molecule has 156 valence electrons. The zero-order valence-electron chi connectivity index (χ0n) is 17.2. The van der Waals surface area contributed by atoms with E-state index < -0.39 is 5.41 Å². The summed E-state index contributed by atoms with van der Waals surface area (Å²) in [7, 11) is 0. The van der Waals surface area contributed by atoms with Gasteiger partial charge in [-0.1, -0.05) is 13.8 Å². The highest BCUT2D eigenvalue weighted by Gasteiger charge is 2.34. The summed E-state index contributed by atoms with van der Waals surface area (Å²) in [6, 6.07) is 6.33. The van der Waals surface area contributed by atoms with Crippen LogP contribution in [0.4, 0.5) is 4.39 Å². The van der Waals surface area contributed by atoms with E-state index in [1.165, 1.54) is 12.1 Å². The molecule has 1 fully saturated rings. The molecule has 1 aromatic heterocycles. The fourth-order valence-electron chi connectivity index (χ4n) is 4.40. The second-order valence-corrected chi connectivity index (χ2v) is 8.91. The van der Waals surface area contributed by atoms with Gasteiger partial charge in [-0.15, -0.1) is 10.2 Å². The van der Waals surface area contributed by atoms with E-state index >= 15 is 0 Å². The highest BCUT2D eigenvalue weighted by Crippen LogP contribution is 2.32. The summed E-state index contributed by atoms with van der Waals surface area (Å²) in [4.78, 5) is 13.0. The van der Waals surface area contributed by atoms with Crippen molar-refractivity contribution < 1.29 is 13.9 Å². The van der Waals surface area contributed by atoms with Crippen LogP contribution in [0.2, 0.25) is 0 Å². The molecule has 1 N–H and O–H groups in total. The molecular weight excluding hydrogens is 371 g/mol. The van der Waals surface area contributed by atoms with E-state index in [4.69, 9.17) is 4.74 Å². The maximum Gasteiger partial charge on any atom is 0.225 e. The van der Waals surface area contributed by atoms with Crippen molar-refractivity contribution in [3.05, 3.63) is 35.9 Å². The van der Waals surface area contributed by atoms with Crippen LogP contribution in [0.1, 0.15) is 45.4 Å². The van der Waals surface area contributed by atoms with Gasteiger partial charge in [0.05, 0.1) is 0 Å². The molecule has 3 heterocycles. The summed E-state index contributed by atoms with van der Waals surface area (Å²) in [5, 5.41) is 11.9. The van der Waals surface area contributed by atoms with Crippen LogP contribution in [0.15, 0.2) is 24.3 Å². The number of hydrogen-bond acceptors (Lipinski definition) is 4. The van der Waals surface area contributed by atoms with Crippen molar-refractivity contribution >= 4 is 5.91 Å². The highest BCUT2D eigenvalue weighted by atomic mass is 19.1. The molecule has 4 rings (SSSR count). The number of benzene rings is 1. The molecule has 1 aromatic carbocycles. The average Bonchev–Trinajstić information content (AvgIpc) is 3.12. The molecule has 7 heteroatoms. The van der Waals surface area contributed by atoms with E-state index in [0.717, 1.165) is 62.5 Å². The molecule has 1 amide bonds. The molecular formula is C22H29FN4O2. The second-order valence-electron chi connectivity index (χ2n) is 8.91. The van der Waals surface area contributed by atoms with Crippen LogP contribution >= 0.6 is 0 Å². The summed E-state index contributed by atoms with van der Waals surface area (Å²) in [5.41, 5.74) is 0.423. The zero-order valence-corrected chi connectivity index (χ0v) is 17.2. The molecule has 2 aromatic rings. The molecule has 0 saturated carbocycles. The van der Waals surface area contributed by atoms with Gasteiger partial charge in [0, 0.05) is 43.2 Å². The fourth-order valence-corrected chi connectivity index (χ4v) is 4.40. The first-order valence-corrected chi connectivity index (χ1v) is 10.5. The number of nitrogens with one attached hydrogen (secondary N) is 1. The molecule has 0 unspecified atom stereocenters. The lowest BCUT2D eigenvalue weighted by Gasteiger charge is -2.33. The molecule has 1 saturated heterocycles. The van der Waals surface area contributed by atoms with Crippen LogP contribution in [0.5, 0.6) is 0 Å². The Morgan fingerprint density at radius 1 is 1.21 bits per heavy atom. The minimum Gasteiger partial charge on any atom is -0.381 e. The number of halogens is 1. The molecule has 0 bridgehead atoms. The van der Waals surface area contributed by atoms with Gasteiger partial charge in [0.2, 0.25) is 5.91 Å². The number of fused-ring (bicyclic) bond motifs is 1. The Balaban J connectivity index is 1.42. The van der Waals surface area contributed by atoms with Gasteiger partial charge < -0.3 is 14.6 Å². The van der Waals surface area contributed by atoms with Crippen molar-refractivity contribution in [1.82, 2.24) is 20.1 Å². The number of carbonyl (C=O) groups is 1. The lowest BCUT2D eigenvalue weighted by atomic mass is 9.79. The third-order valence-corrected chi connectivity index (χ3v) is 6.14. The lowest BCUT2D eigenvalue weighted by Crippen LogP contribution is -2.47. The average molecular weight is 400 g/mol. The summed E-state index contributed by atoms with van der Waals surface area (Å²) in [6.07, 6.45) is 4.56. The number of nitrogens with zero attached hydrogens (tertiary/aromatic N) is 3. The van der Waals surface area contributed by atoms with Gasteiger partial charge in [0.15, 0.2) is 5.82 Å². The third kappa shape index (κ3) is 4.50. The summed E-state index contributed by atoms with van der Waals surface area (Å²) in [5.74, 6) is 2.01. The highest BCUT2D eigenvalue weighted by molar-refractivity contribution is 5.82. The Labute approximate surface area is 170 Å². The van der Waals surface area contributed by atoms with Gasteiger partial charge in [0.25, 0.3) is 0 Å². The van der Waals surface area contributed by atoms with Gasteiger partial charge in [0.1, 0.15) is 11.6 Å². The SMILES string of the molecule is CC(C)(CC1CCOCC1)C(=O)N[C@@H]1CCc2nnc(-c3ccc(F)cc3)n2C1. The Hall–Kier alpha value is -2.28. The van der Waals surface area contributed by atoms with Crippen molar-refractivity contribution in [2.24, 2.45) is 11.3 Å². The van der Waals surface area contributed by atoms with E-state index in [-0.39, 0.29) is 17.8 Å². The summed E-state index contributed by atoms with van der Waals surface area (Å²) < 4.78 is 20.7. The Bertz CT molecular complexity index is 856. The number of aryl methyl sites for hydroxylation is 1. The van der Waals surface area contributed by atoms with Crippen LogP contribution < -0.4 is 5.32 Å². The van der Waals surface area contributed by atoms with E-state index in [1.54, 1.807) is 12.1 Å². The number of rotatable bonds is 5. The minimum atomic E-state index is -0.407. The quantitative estimate of drug-likeness (QED) is 0.836. The zero-order chi connectivity index (χ0) is 20.4. The molecule has 2 aliphatic heterocycles. The van der Waals surface area contributed by atoms with E-state index in [1.807, 2.05) is 18.4 Å². The van der Waals surface area contributed by atoms with Gasteiger partial charge >= 0.3 is 0 Å². The number of aromatic nitrogens is 3. The molecule has 6 nitrogen and oxygen atoms in total. The standard InChI is InChI=1S/C22H29FN4O2/c1-22(2,13-15-9-11-29-12-10-15)21(28)24-18-7-8-19-25-26-20(27(19)14-18)16-3-5-17(23)6-4-16/h3-6,15,18H,7-14H2,1-2H3,(H,24,28)/t18-/m1/s1. The van der Waals surface area contributed by atoms with Crippen molar-refractivity contribution in [1.29, 1.82) is 0 Å². The summed E-state index contributed by atoms with van der Waals surface area (Å²) >= 11 is 0. The fraction of sp³-hybridized carbons (Fsp3) is 0.591. The predicted molar refractivity (Wildman–Crippen MR) is 108 cm³/mol. The van der Waals surface area contributed by atoms with Gasteiger partial charge in [-0.3, -0.25) is 4.79 Å². The number of ether oxygens (including phenoxy) is 1. The van der Waals surface area contributed by atoms with Crippen LogP contribution in [0, 0.1) is 17.2 Å². The van der Waals surface area contributed by atoms with Crippen molar-refractivity contribution in [3.63, 3.8) is 0 Å². The molecule has 1 atom stereocenters. The number of carbonyl (C=O) groups excluding carboxylic acids is 1. The van der Waals surface area contributed by atoms with Gasteiger partial charge in [-0.2, -0.15) is 0 Å². The maximum absolute atomic E-state index is 13.3. The first kappa shape index (κ1) is 20.0. The van der Waals surface area contributed by atoms with Crippen LogP contribution in [0.3, 0.4) is 0 Å². The van der Waals surface area contributed by atoms with Crippen molar-refractivity contribution in [2.75, 3.05) is 13.2 Å². The largest absolute Gasteiger partial charge is 0.381 e. The predicted octanol–water partition coefficient (Wildman–Crippen LogP) is 3.36. The Kier molecular flexibility index (Phi) is 5.67. The monoisotopic (exact) mass is 400 g/mol. The van der Waals surface area contributed by atoms with Gasteiger partial charge in [-0.25, -0.2) is 4.39 Å². The molecule has 29 heavy (non-hydrogen) atoms. The maximum atomic E-state index is 13.3. The van der Waals surface area contributed by atoms with Crippen molar-refractivity contribution in [3.8, 4) is 11.4 Å². The first-order chi connectivity index (χ1) is 13.9. The first-order valence-electron chi connectivity index (χ1n) is 10.5. The van der Waals surface area contributed by atoms with E-state index in [9.17, 15) is 9.18 Å². The van der Waals surface area contributed by atoms with Crippen LogP contribution in [-0.4, -0.2) is 39.9 Å². The third-order valence-electron chi connectivity index (χ3n) is 6.14. The Morgan fingerprint density at radius 3 is 2.66 bits per heavy atom. The lowest BCUT2D eigenvalue weighted by molar-refractivity contribution is -0.131. The van der Waals surface area contributed by atoms with Gasteiger partial charge in [-0.05, 0) is 55.9 Å². The topological polar surface area (TPSA) is 69.0 Å². The molecule has 0 aliphatic carbocycles. The van der Waals surface area contributed by atoms with Crippen LogP contribution in [-0.2, 0) is 22.5 Å². The normalized spacial score (nSPS) is 20.3. The number of hydrogen-bond donors (Lipinski definition) is 1. The smallest absolute Gasteiger partial charge is 0.225 e. The molecule has 0 radical (unpaired) electrons. The summed E-state index contributed by atoms with van der Waals surface area (Å²) in [6.45, 7) is 6.30. The second kappa shape index (κ2) is 8.22. The molecule has 0 spiro atoms. The van der Waals surface area contributed by atoms with E-state index in [0.29, 0.717) is 12.5 Å². The minimum absolute atomic E-state index is 0.0409. The van der Waals surface area contributed by atoms with Crippen molar-refractivity contribution in [2.45, 2.75) is 58.5 Å². The van der Waals surface area contributed by atoms with Crippen LogP contribution in [0.25, 0.3) is 11.4 Å².